The van der Waals surface area contributed by atoms with Gasteiger partial charge in [0.15, 0.2) is 6.10 Å². The maximum Gasteiger partial charge on any atom is 0.469 e. The molecule has 8 nitrogen and oxygen atoms in total. The lowest BCUT2D eigenvalue weighted by molar-refractivity contribution is -0.161. The molecular weight excluding hydrogens is 603 g/mol. The van der Waals surface area contributed by atoms with Crippen LogP contribution in [0.4, 0.5) is 0 Å². The van der Waals surface area contributed by atoms with E-state index in [0.29, 0.717) is 6.42 Å². The van der Waals surface area contributed by atoms with Crippen molar-refractivity contribution in [3.63, 3.8) is 0 Å². The highest BCUT2D eigenvalue weighted by atomic mass is 31.2. The first kappa shape index (κ1) is 45.0. The number of rotatable bonds is 35. The molecule has 0 aromatic heterocycles. The van der Waals surface area contributed by atoms with Crippen molar-refractivity contribution in [1.29, 1.82) is 0 Å². The number of carbonyl (C=O) groups excluding carboxylic acids is 2. The van der Waals surface area contributed by atoms with Gasteiger partial charge in [-0.05, 0) is 18.8 Å². The van der Waals surface area contributed by atoms with Crippen LogP contribution in [0.15, 0.2) is 0 Å². The first-order valence-corrected chi connectivity index (χ1v) is 20.7. The number of carbonyl (C=O) groups is 2. The van der Waals surface area contributed by atoms with Gasteiger partial charge in [0.05, 0.1) is 6.61 Å². The van der Waals surface area contributed by atoms with Gasteiger partial charge in [0, 0.05) is 12.8 Å². The van der Waals surface area contributed by atoms with E-state index in [1.54, 1.807) is 0 Å². The van der Waals surface area contributed by atoms with Gasteiger partial charge >= 0.3 is 19.8 Å². The molecule has 0 fully saturated rings. The maximum absolute atomic E-state index is 12.3. The SMILES string of the molecule is CCCCCCCCCCCCCCCCCCCCCC(=O)OC[C@H](COP(=O)(O)O)OC(=O)CCCCCCCCC(C)C. The van der Waals surface area contributed by atoms with E-state index in [1.807, 2.05) is 0 Å². The van der Waals surface area contributed by atoms with Crippen molar-refractivity contribution in [3.05, 3.63) is 0 Å². The van der Waals surface area contributed by atoms with Crippen molar-refractivity contribution < 1.29 is 37.9 Å². The fraction of sp³-hybridized carbons (Fsp3) is 0.946. The summed E-state index contributed by atoms with van der Waals surface area (Å²) in [5, 5.41) is 0. The zero-order valence-electron chi connectivity index (χ0n) is 30.2. The van der Waals surface area contributed by atoms with Crippen molar-refractivity contribution in [2.24, 2.45) is 5.92 Å². The second-order valence-corrected chi connectivity index (χ2v) is 15.0. The predicted octanol–water partition coefficient (Wildman–Crippen LogP) is 11.1. The number of hydrogen-bond donors (Lipinski definition) is 2. The molecule has 2 N–H and O–H groups in total. The second-order valence-electron chi connectivity index (χ2n) is 13.7. The summed E-state index contributed by atoms with van der Waals surface area (Å²) in [7, 11) is -4.74. The molecule has 0 aromatic rings. The van der Waals surface area contributed by atoms with Crippen LogP contribution >= 0.6 is 7.82 Å². The van der Waals surface area contributed by atoms with Crippen LogP contribution in [-0.2, 0) is 28.2 Å². The molecule has 274 valence electrons. The molecule has 0 aliphatic rings. The van der Waals surface area contributed by atoms with E-state index in [2.05, 4.69) is 25.3 Å². The van der Waals surface area contributed by atoms with E-state index in [9.17, 15) is 14.2 Å². The molecule has 0 saturated heterocycles. The van der Waals surface area contributed by atoms with Crippen molar-refractivity contribution in [1.82, 2.24) is 0 Å². The first-order valence-electron chi connectivity index (χ1n) is 19.2. The van der Waals surface area contributed by atoms with Gasteiger partial charge < -0.3 is 19.3 Å². The Bertz CT molecular complexity index is 739. The monoisotopic (exact) mass is 677 g/mol. The van der Waals surface area contributed by atoms with Gasteiger partial charge in [-0.2, -0.15) is 0 Å². The molecule has 0 rings (SSSR count). The summed E-state index contributed by atoms with van der Waals surface area (Å²) in [6.07, 6.45) is 31.5. The fourth-order valence-corrected chi connectivity index (χ4v) is 6.04. The Morgan fingerprint density at radius 3 is 1.30 bits per heavy atom. The molecule has 1 atom stereocenters. The highest BCUT2D eigenvalue weighted by Crippen LogP contribution is 2.36. The number of ether oxygens (including phenoxy) is 2. The van der Waals surface area contributed by atoms with E-state index in [0.717, 1.165) is 44.4 Å². The van der Waals surface area contributed by atoms with Crippen LogP contribution in [0.1, 0.15) is 201 Å². The minimum absolute atomic E-state index is 0.214. The van der Waals surface area contributed by atoms with Gasteiger partial charge in [-0.1, -0.05) is 175 Å². The Morgan fingerprint density at radius 2 is 0.913 bits per heavy atom. The summed E-state index contributed by atoms with van der Waals surface area (Å²) in [5.41, 5.74) is 0. The predicted molar refractivity (Wildman–Crippen MR) is 189 cm³/mol. The summed E-state index contributed by atoms with van der Waals surface area (Å²) < 4.78 is 26.2. The third-order valence-corrected chi connectivity index (χ3v) is 9.04. The van der Waals surface area contributed by atoms with E-state index in [1.165, 1.54) is 122 Å². The Labute approximate surface area is 283 Å². The highest BCUT2D eigenvalue weighted by Gasteiger charge is 2.22. The van der Waals surface area contributed by atoms with Crippen LogP contribution in [0.5, 0.6) is 0 Å². The summed E-state index contributed by atoms with van der Waals surface area (Å²) in [4.78, 5) is 42.6. The van der Waals surface area contributed by atoms with Gasteiger partial charge in [0.1, 0.15) is 6.61 Å². The molecule has 0 saturated carbocycles. The van der Waals surface area contributed by atoms with Crippen LogP contribution in [0.3, 0.4) is 0 Å². The molecule has 0 heterocycles. The van der Waals surface area contributed by atoms with Crippen LogP contribution in [0, 0.1) is 5.92 Å². The fourth-order valence-electron chi connectivity index (χ4n) is 5.68. The molecule has 0 aliphatic heterocycles. The standard InChI is InChI=1S/C37H73O8P/c1-4-5-6-7-8-9-10-11-12-13-14-15-16-17-18-19-20-24-27-30-36(38)43-32-35(33-44-46(40,41)42)45-37(39)31-28-25-22-21-23-26-29-34(2)3/h34-35H,4-33H2,1-3H3,(H2,40,41,42)/t35-/m1/s1. The largest absolute Gasteiger partial charge is 0.469 e. The third kappa shape index (κ3) is 35.9. The smallest absolute Gasteiger partial charge is 0.462 e. The number of esters is 2. The van der Waals surface area contributed by atoms with Gasteiger partial charge in [-0.3, -0.25) is 14.1 Å². The molecule has 0 spiro atoms. The van der Waals surface area contributed by atoms with E-state index >= 15 is 0 Å². The average molecular weight is 677 g/mol. The zero-order valence-corrected chi connectivity index (χ0v) is 31.1. The molecule has 46 heavy (non-hydrogen) atoms. The minimum Gasteiger partial charge on any atom is -0.462 e. The molecule has 0 amide bonds. The zero-order chi connectivity index (χ0) is 34.1. The lowest BCUT2D eigenvalue weighted by Crippen LogP contribution is -2.29. The third-order valence-electron chi connectivity index (χ3n) is 8.55. The quantitative estimate of drug-likeness (QED) is 0.0387. The minimum atomic E-state index is -4.74. The Kier molecular flexibility index (Phi) is 31.9. The van der Waals surface area contributed by atoms with Crippen LogP contribution in [-0.4, -0.2) is 41.0 Å². The highest BCUT2D eigenvalue weighted by molar-refractivity contribution is 7.46. The molecular formula is C37H73O8P. The van der Waals surface area contributed by atoms with Crippen molar-refractivity contribution >= 4 is 19.8 Å². The number of hydrogen-bond acceptors (Lipinski definition) is 6. The second kappa shape index (κ2) is 32.6. The van der Waals surface area contributed by atoms with Gasteiger partial charge in [-0.25, -0.2) is 4.57 Å². The summed E-state index contributed by atoms with van der Waals surface area (Å²) >= 11 is 0. The molecule has 0 aromatic carbocycles. The van der Waals surface area contributed by atoms with Gasteiger partial charge in [0.2, 0.25) is 0 Å². The molecule has 9 heteroatoms. The number of phosphoric acid groups is 1. The van der Waals surface area contributed by atoms with Crippen LogP contribution in [0.2, 0.25) is 0 Å². The maximum atomic E-state index is 12.3. The lowest BCUT2D eigenvalue weighted by Gasteiger charge is -2.18. The number of phosphoric ester groups is 1. The van der Waals surface area contributed by atoms with Crippen molar-refractivity contribution in [2.75, 3.05) is 13.2 Å². The summed E-state index contributed by atoms with van der Waals surface area (Å²) in [6.45, 7) is 5.92. The average Bonchev–Trinajstić information content (AvgIpc) is 3.00. The molecule has 0 unspecified atom stereocenters. The van der Waals surface area contributed by atoms with Gasteiger partial charge in [-0.15, -0.1) is 0 Å². The van der Waals surface area contributed by atoms with Crippen molar-refractivity contribution in [3.8, 4) is 0 Å². The van der Waals surface area contributed by atoms with Gasteiger partial charge in [0.25, 0.3) is 0 Å². The van der Waals surface area contributed by atoms with Crippen LogP contribution in [0.25, 0.3) is 0 Å². The Morgan fingerprint density at radius 1 is 0.543 bits per heavy atom. The van der Waals surface area contributed by atoms with E-state index < -0.39 is 32.5 Å². The van der Waals surface area contributed by atoms with E-state index in [-0.39, 0.29) is 19.4 Å². The topological polar surface area (TPSA) is 119 Å². The molecule has 0 bridgehead atoms. The Balaban J connectivity index is 3.83. The molecule has 0 aliphatic carbocycles. The van der Waals surface area contributed by atoms with Crippen molar-refractivity contribution in [2.45, 2.75) is 207 Å². The normalized spacial score (nSPS) is 12.5. The lowest BCUT2D eigenvalue weighted by atomic mass is 10.0. The number of unbranched alkanes of at least 4 members (excludes halogenated alkanes) is 23. The first-order chi connectivity index (χ1) is 22.1. The van der Waals surface area contributed by atoms with E-state index in [4.69, 9.17) is 19.3 Å². The summed E-state index contributed by atoms with van der Waals surface area (Å²) in [5.74, 6) is -0.148. The molecule has 0 radical (unpaired) electrons. The Hall–Kier alpha value is -0.950. The van der Waals surface area contributed by atoms with Crippen LogP contribution < -0.4 is 0 Å². The summed E-state index contributed by atoms with van der Waals surface area (Å²) in [6, 6.07) is 0.